The van der Waals surface area contributed by atoms with Crippen LogP contribution in [0.4, 0.5) is 0 Å². The highest BCUT2D eigenvalue weighted by Crippen LogP contribution is 1.91. The molecule has 0 amide bonds. The predicted molar refractivity (Wildman–Crippen MR) is 48.2 cm³/mol. The van der Waals surface area contributed by atoms with Crippen molar-refractivity contribution in [2.24, 2.45) is 0 Å². The van der Waals surface area contributed by atoms with E-state index in [0.717, 1.165) is 12.8 Å². The lowest BCUT2D eigenvalue weighted by atomic mass is 10.4. The maximum absolute atomic E-state index is 9.94. The van der Waals surface area contributed by atoms with Gasteiger partial charge in [0.05, 0.1) is 0 Å². The number of carbonyl (C=O) groups excluding carboxylic acids is 1. The van der Waals surface area contributed by atoms with Gasteiger partial charge in [0.2, 0.25) is 0 Å². The van der Waals surface area contributed by atoms with E-state index >= 15 is 0 Å². The zero-order chi connectivity index (χ0) is 9.98. The standard InChI is InChI=1S/C5H6N2O.C2H6.CH4O/c1-4-2-5(3-8)7-6-4;2*1-2/h2-3H,1H3,(H,6,7);1-2H3;2H,1H3. The van der Waals surface area contributed by atoms with Crippen molar-refractivity contribution in [2.75, 3.05) is 7.11 Å². The van der Waals surface area contributed by atoms with Crippen molar-refractivity contribution in [1.82, 2.24) is 10.2 Å². The molecule has 4 heteroatoms. The first kappa shape index (κ1) is 13.4. The normalized spacial score (nSPS) is 7.08. The topological polar surface area (TPSA) is 66.0 Å². The molecule has 4 nitrogen and oxygen atoms in total. The molecule has 70 valence electrons. The lowest BCUT2D eigenvalue weighted by Gasteiger charge is -1.68. The van der Waals surface area contributed by atoms with Crippen LogP contribution >= 0.6 is 0 Å². The molecule has 0 aliphatic carbocycles. The number of rotatable bonds is 1. The Balaban J connectivity index is 0. The summed E-state index contributed by atoms with van der Waals surface area (Å²) in [5.41, 5.74) is 1.37. The molecule has 0 radical (unpaired) electrons. The third-order valence-electron chi connectivity index (χ3n) is 0.846. The Labute approximate surface area is 72.6 Å². The Bertz CT molecular complexity index is 197. The molecule has 1 rings (SSSR count). The average Bonchev–Trinajstić information content (AvgIpc) is 2.58. The largest absolute Gasteiger partial charge is 0.400 e. The SMILES string of the molecule is CC.CO.Cc1cc(C=O)n[nH]1. The van der Waals surface area contributed by atoms with E-state index < -0.39 is 0 Å². The van der Waals surface area contributed by atoms with Crippen LogP contribution in [0.2, 0.25) is 0 Å². The van der Waals surface area contributed by atoms with Gasteiger partial charge >= 0.3 is 0 Å². The van der Waals surface area contributed by atoms with Gasteiger partial charge < -0.3 is 5.11 Å². The van der Waals surface area contributed by atoms with E-state index in [1.807, 2.05) is 20.8 Å². The van der Waals surface area contributed by atoms with Gasteiger partial charge in [-0.15, -0.1) is 0 Å². The number of hydrogen-bond acceptors (Lipinski definition) is 3. The molecule has 1 aromatic heterocycles. The van der Waals surface area contributed by atoms with E-state index in [2.05, 4.69) is 10.2 Å². The predicted octanol–water partition coefficient (Wildman–Crippen LogP) is 1.17. The zero-order valence-corrected chi connectivity index (χ0v) is 7.96. The summed E-state index contributed by atoms with van der Waals surface area (Å²) < 4.78 is 0. The minimum atomic E-state index is 0.461. The van der Waals surface area contributed by atoms with Crippen LogP contribution in [0.1, 0.15) is 30.0 Å². The number of aryl methyl sites for hydroxylation is 1. The van der Waals surface area contributed by atoms with Crippen molar-refractivity contribution in [3.05, 3.63) is 17.5 Å². The second-order valence-corrected chi connectivity index (χ2v) is 1.59. The number of nitrogens with one attached hydrogen (secondary N) is 1. The lowest BCUT2D eigenvalue weighted by molar-refractivity contribution is 0.111. The number of hydrogen-bond donors (Lipinski definition) is 2. The third-order valence-corrected chi connectivity index (χ3v) is 0.846. The molecule has 0 bridgehead atoms. The summed E-state index contributed by atoms with van der Waals surface area (Å²) in [6.07, 6.45) is 0.712. The monoisotopic (exact) mass is 172 g/mol. The van der Waals surface area contributed by atoms with E-state index in [0.29, 0.717) is 12.0 Å². The number of aldehydes is 1. The van der Waals surface area contributed by atoms with Crippen molar-refractivity contribution in [3.8, 4) is 0 Å². The van der Waals surface area contributed by atoms with Crippen LogP contribution in [-0.2, 0) is 0 Å². The summed E-state index contributed by atoms with van der Waals surface area (Å²) >= 11 is 0. The molecular formula is C8H16N2O2. The van der Waals surface area contributed by atoms with E-state index in [-0.39, 0.29) is 0 Å². The van der Waals surface area contributed by atoms with E-state index in [4.69, 9.17) is 5.11 Å². The minimum Gasteiger partial charge on any atom is -0.400 e. The van der Waals surface area contributed by atoms with Gasteiger partial charge in [-0.3, -0.25) is 9.89 Å². The Kier molecular flexibility index (Phi) is 11.0. The van der Waals surface area contributed by atoms with E-state index in [9.17, 15) is 4.79 Å². The highest BCUT2D eigenvalue weighted by atomic mass is 16.2. The minimum absolute atomic E-state index is 0.461. The van der Waals surface area contributed by atoms with Crippen LogP contribution in [0, 0.1) is 6.92 Å². The van der Waals surface area contributed by atoms with Gasteiger partial charge in [-0.2, -0.15) is 5.10 Å². The van der Waals surface area contributed by atoms with Crippen LogP contribution in [0.5, 0.6) is 0 Å². The first-order valence-corrected chi connectivity index (χ1v) is 3.75. The number of aromatic nitrogens is 2. The van der Waals surface area contributed by atoms with Gasteiger partial charge in [-0.1, -0.05) is 13.8 Å². The summed E-state index contributed by atoms with van der Waals surface area (Å²) in [6, 6.07) is 1.69. The summed E-state index contributed by atoms with van der Waals surface area (Å²) in [5, 5.41) is 13.3. The van der Waals surface area contributed by atoms with Gasteiger partial charge in [0.25, 0.3) is 0 Å². The molecule has 0 atom stereocenters. The molecule has 0 aliphatic heterocycles. The fraction of sp³-hybridized carbons (Fsp3) is 0.500. The second kappa shape index (κ2) is 9.84. The van der Waals surface area contributed by atoms with Crippen LogP contribution < -0.4 is 0 Å². The molecule has 12 heavy (non-hydrogen) atoms. The van der Waals surface area contributed by atoms with Gasteiger partial charge in [0, 0.05) is 12.8 Å². The summed E-state index contributed by atoms with van der Waals surface area (Å²) in [7, 11) is 1.00. The van der Waals surface area contributed by atoms with Crippen LogP contribution in [0.3, 0.4) is 0 Å². The summed E-state index contributed by atoms with van der Waals surface area (Å²) in [6.45, 7) is 5.85. The first-order valence-electron chi connectivity index (χ1n) is 3.75. The molecule has 0 spiro atoms. The summed E-state index contributed by atoms with van der Waals surface area (Å²) in [5.74, 6) is 0. The third kappa shape index (κ3) is 5.61. The highest BCUT2D eigenvalue weighted by molar-refractivity contribution is 5.71. The molecule has 0 saturated heterocycles. The zero-order valence-electron chi connectivity index (χ0n) is 7.96. The second-order valence-electron chi connectivity index (χ2n) is 1.59. The Morgan fingerprint density at radius 2 is 2.00 bits per heavy atom. The molecule has 0 aliphatic rings. The van der Waals surface area contributed by atoms with Crippen LogP contribution in [0.15, 0.2) is 6.07 Å². The first-order chi connectivity index (χ1) is 5.83. The fourth-order valence-corrected chi connectivity index (χ4v) is 0.499. The van der Waals surface area contributed by atoms with Crippen molar-refractivity contribution in [1.29, 1.82) is 0 Å². The smallest absolute Gasteiger partial charge is 0.170 e. The molecule has 1 aromatic rings. The lowest BCUT2D eigenvalue weighted by Crippen LogP contribution is -1.75. The maximum Gasteiger partial charge on any atom is 0.170 e. The van der Waals surface area contributed by atoms with Crippen molar-refractivity contribution in [2.45, 2.75) is 20.8 Å². The van der Waals surface area contributed by atoms with Crippen LogP contribution in [-0.4, -0.2) is 28.7 Å². The average molecular weight is 172 g/mol. The number of nitrogens with zero attached hydrogens (tertiary/aromatic N) is 1. The number of carbonyl (C=O) groups is 1. The number of aliphatic hydroxyl groups excluding tert-OH is 1. The molecule has 0 saturated carbocycles. The Morgan fingerprint density at radius 3 is 2.17 bits per heavy atom. The maximum atomic E-state index is 9.94. The van der Waals surface area contributed by atoms with Gasteiger partial charge in [-0.05, 0) is 13.0 Å². The Hall–Kier alpha value is -1.16. The van der Waals surface area contributed by atoms with Crippen LogP contribution in [0.25, 0.3) is 0 Å². The molecule has 0 fully saturated rings. The van der Waals surface area contributed by atoms with Crippen molar-refractivity contribution in [3.63, 3.8) is 0 Å². The van der Waals surface area contributed by atoms with E-state index in [1.165, 1.54) is 0 Å². The Morgan fingerprint density at radius 1 is 1.50 bits per heavy atom. The number of H-pyrrole nitrogens is 1. The van der Waals surface area contributed by atoms with E-state index in [1.54, 1.807) is 6.07 Å². The fourth-order valence-electron chi connectivity index (χ4n) is 0.499. The molecular weight excluding hydrogens is 156 g/mol. The van der Waals surface area contributed by atoms with Crippen molar-refractivity contribution >= 4 is 6.29 Å². The molecule has 2 N–H and O–H groups in total. The van der Waals surface area contributed by atoms with Crippen molar-refractivity contribution < 1.29 is 9.90 Å². The highest BCUT2D eigenvalue weighted by Gasteiger charge is 1.90. The summed E-state index contributed by atoms with van der Waals surface area (Å²) in [4.78, 5) is 9.94. The number of aromatic amines is 1. The molecule has 0 unspecified atom stereocenters. The number of aliphatic hydroxyl groups is 1. The molecule has 0 aromatic carbocycles. The molecule has 1 heterocycles. The van der Waals surface area contributed by atoms with Gasteiger partial charge in [0.15, 0.2) is 6.29 Å². The quantitative estimate of drug-likeness (QED) is 0.625. The van der Waals surface area contributed by atoms with Gasteiger partial charge in [0.1, 0.15) is 5.69 Å². The van der Waals surface area contributed by atoms with Gasteiger partial charge in [-0.25, -0.2) is 0 Å².